The van der Waals surface area contributed by atoms with Crippen LogP contribution < -0.4 is 15.0 Å². The molecular weight excluding hydrogens is 482 g/mol. The lowest BCUT2D eigenvalue weighted by Crippen LogP contribution is -2.33. The zero-order valence-corrected chi connectivity index (χ0v) is 21.7. The van der Waals surface area contributed by atoms with E-state index in [9.17, 15) is 4.79 Å². The van der Waals surface area contributed by atoms with Crippen LogP contribution in [0.25, 0.3) is 10.9 Å². The summed E-state index contributed by atoms with van der Waals surface area (Å²) >= 11 is 0. The molecule has 1 atom stereocenters. The highest BCUT2D eigenvalue weighted by atomic mass is 16.6. The van der Waals surface area contributed by atoms with Crippen LogP contribution in [0.5, 0.6) is 11.5 Å². The van der Waals surface area contributed by atoms with Crippen molar-refractivity contribution >= 4 is 10.9 Å². The van der Waals surface area contributed by atoms with Crippen LogP contribution in [0.4, 0.5) is 0 Å². The minimum atomic E-state index is -0.118. The van der Waals surface area contributed by atoms with Crippen LogP contribution in [0.2, 0.25) is 0 Å². The summed E-state index contributed by atoms with van der Waals surface area (Å²) in [6, 6.07) is 9.99. The Bertz CT molecular complexity index is 1450. The molecule has 1 aliphatic heterocycles. The summed E-state index contributed by atoms with van der Waals surface area (Å²) in [6.45, 7) is 4.21. The molecule has 1 aromatic carbocycles. The Hall–Kier alpha value is -3.79. The average Bonchev–Trinajstić information content (AvgIpc) is 3.43. The Morgan fingerprint density at radius 2 is 1.92 bits per heavy atom. The second-order valence-corrected chi connectivity index (χ2v) is 10.2. The predicted molar refractivity (Wildman–Crippen MR) is 142 cm³/mol. The second-order valence-electron chi connectivity index (χ2n) is 10.2. The van der Waals surface area contributed by atoms with Gasteiger partial charge in [0.05, 0.1) is 17.6 Å². The molecule has 6 rings (SSSR count). The number of hydrogen-bond donors (Lipinski definition) is 1. The number of nitrogens with zero attached hydrogens (tertiary/aromatic N) is 6. The molecular formula is C28H33N7O3. The zero-order chi connectivity index (χ0) is 25.9. The van der Waals surface area contributed by atoms with E-state index in [1.807, 2.05) is 35.1 Å². The van der Waals surface area contributed by atoms with E-state index in [1.54, 1.807) is 6.20 Å². The van der Waals surface area contributed by atoms with Crippen molar-refractivity contribution in [2.24, 2.45) is 0 Å². The smallest absolute Gasteiger partial charge is 0.252 e. The van der Waals surface area contributed by atoms with E-state index in [1.165, 1.54) is 19.3 Å². The third-order valence-electron chi connectivity index (χ3n) is 7.63. The fourth-order valence-electron chi connectivity index (χ4n) is 5.74. The summed E-state index contributed by atoms with van der Waals surface area (Å²) in [5, 5.41) is 13.9. The van der Waals surface area contributed by atoms with Crippen LogP contribution in [-0.2, 0) is 13.1 Å². The Kier molecular flexibility index (Phi) is 7.04. The van der Waals surface area contributed by atoms with E-state index in [0.29, 0.717) is 49.4 Å². The van der Waals surface area contributed by atoms with Gasteiger partial charge in [0.2, 0.25) is 0 Å². The van der Waals surface area contributed by atoms with Crippen LogP contribution in [-0.4, -0.2) is 48.3 Å². The molecule has 0 unspecified atom stereocenters. The van der Waals surface area contributed by atoms with E-state index in [0.717, 1.165) is 41.6 Å². The number of benzene rings is 1. The summed E-state index contributed by atoms with van der Waals surface area (Å²) in [7, 11) is 0. The maximum absolute atomic E-state index is 13.3. The molecule has 38 heavy (non-hydrogen) atoms. The first-order valence-electron chi connectivity index (χ1n) is 13.6. The van der Waals surface area contributed by atoms with Crippen molar-refractivity contribution in [1.82, 2.24) is 35.1 Å². The number of ether oxygens (including phenoxy) is 2. The van der Waals surface area contributed by atoms with Gasteiger partial charge in [-0.3, -0.25) is 14.7 Å². The monoisotopic (exact) mass is 515 g/mol. The van der Waals surface area contributed by atoms with Crippen molar-refractivity contribution in [3.8, 4) is 11.5 Å². The van der Waals surface area contributed by atoms with Gasteiger partial charge in [-0.2, -0.15) is 0 Å². The van der Waals surface area contributed by atoms with Crippen molar-refractivity contribution in [3.05, 3.63) is 70.0 Å². The fourth-order valence-corrected chi connectivity index (χ4v) is 5.74. The lowest BCUT2D eigenvalue weighted by atomic mass is 9.95. The van der Waals surface area contributed by atoms with Crippen molar-refractivity contribution < 1.29 is 9.47 Å². The summed E-state index contributed by atoms with van der Waals surface area (Å²) in [4.78, 5) is 23.0. The van der Waals surface area contributed by atoms with Gasteiger partial charge in [-0.1, -0.05) is 32.3 Å². The molecule has 10 heteroatoms. The van der Waals surface area contributed by atoms with E-state index < -0.39 is 0 Å². The molecule has 2 aliphatic rings. The van der Waals surface area contributed by atoms with Crippen LogP contribution in [0.3, 0.4) is 0 Å². The second kappa shape index (κ2) is 10.9. The van der Waals surface area contributed by atoms with Crippen molar-refractivity contribution in [1.29, 1.82) is 0 Å². The molecule has 1 aliphatic carbocycles. The molecule has 0 spiro atoms. The van der Waals surface area contributed by atoms with Crippen molar-refractivity contribution in [3.63, 3.8) is 0 Å². The van der Waals surface area contributed by atoms with Gasteiger partial charge in [0.25, 0.3) is 5.56 Å². The lowest BCUT2D eigenvalue weighted by molar-refractivity contribution is 0.155. The number of aromatic amines is 1. The van der Waals surface area contributed by atoms with Crippen LogP contribution >= 0.6 is 0 Å². The standard InChI is InChI=1S/C28H33N7O3/c1-2-24(27-31-32-33-35(27)22-8-4-3-5-9-22)34(17-19-7-6-10-29-16-19)18-21-13-20-14-25-26(38-12-11-37-25)15-23(20)30-28(21)36/h6-7,10,13-16,22,24H,2-5,8-9,11-12,17-18H2,1H3,(H,30,36)/t24-/m1/s1. The van der Waals surface area contributed by atoms with Crippen molar-refractivity contribution in [2.75, 3.05) is 13.2 Å². The first kappa shape index (κ1) is 24.5. The Labute approximate surface area is 221 Å². The quantitative estimate of drug-likeness (QED) is 0.369. The number of fused-ring (bicyclic) bond motifs is 2. The largest absolute Gasteiger partial charge is 0.486 e. The van der Waals surface area contributed by atoms with E-state index in [-0.39, 0.29) is 11.6 Å². The highest BCUT2D eigenvalue weighted by Gasteiger charge is 2.29. The third-order valence-corrected chi connectivity index (χ3v) is 7.63. The van der Waals surface area contributed by atoms with Gasteiger partial charge in [0.1, 0.15) is 13.2 Å². The molecule has 3 aromatic heterocycles. The Balaban J connectivity index is 1.37. The minimum Gasteiger partial charge on any atom is -0.486 e. The maximum atomic E-state index is 13.3. The summed E-state index contributed by atoms with van der Waals surface area (Å²) in [6.07, 6.45) is 10.3. The number of H-pyrrole nitrogens is 1. The minimum absolute atomic E-state index is 0.0671. The number of aromatic nitrogens is 6. The molecule has 0 bridgehead atoms. The molecule has 1 fully saturated rings. The van der Waals surface area contributed by atoms with Crippen LogP contribution in [0.15, 0.2) is 47.5 Å². The van der Waals surface area contributed by atoms with Crippen LogP contribution in [0, 0.1) is 0 Å². The Morgan fingerprint density at radius 1 is 1.11 bits per heavy atom. The SMILES string of the molecule is CC[C@H](c1nnnn1C1CCCCC1)N(Cc1cccnc1)Cc1cc2cc3c(cc2[nH]c1=O)OCCO3. The maximum Gasteiger partial charge on any atom is 0.252 e. The zero-order valence-electron chi connectivity index (χ0n) is 21.7. The average molecular weight is 516 g/mol. The molecule has 10 nitrogen and oxygen atoms in total. The number of nitrogens with one attached hydrogen (secondary N) is 1. The van der Waals surface area contributed by atoms with E-state index in [4.69, 9.17) is 9.47 Å². The number of hydrogen-bond acceptors (Lipinski definition) is 8. The molecule has 4 heterocycles. The summed E-state index contributed by atoms with van der Waals surface area (Å²) < 4.78 is 13.5. The first-order chi connectivity index (χ1) is 18.7. The van der Waals surface area contributed by atoms with Gasteiger partial charge in [0, 0.05) is 42.5 Å². The predicted octanol–water partition coefficient (Wildman–Crippen LogP) is 4.34. The molecule has 0 radical (unpaired) electrons. The van der Waals surface area contributed by atoms with Crippen molar-refractivity contribution in [2.45, 2.75) is 70.6 Å². The third kappa shape index (κ3) is 5.00. The first-order valence-corrected chi connectivity index (χ1v) is 13.6. The van der Waals surface area contributed by atoms with Gasteiger partial charge in [0.15, 0.2) is 17.3 Å². The Morgan fingerprint density at radius 3 is 2.68 bits per heavy atom. The highest BCUT2D eigenvalue weighted by Crippen LogP contribution is 2.35. The topological polar surface area (TPSA) is 111 Å². The number of pyridine rings is 2. The molecule has 0 amide bonds. The van der Waals surface area contributed by atoms with Gasteiger partial charge >= 0.3 is 0 Å². The number of rotatable bonds is 8. The highest BCUT2D eigenvalue weighted by molar-refractivity contribution is 5.83. The van der Waals surface area contributed by atoms with Gasteiger partial charge in [-0.25, -0.2) is 4.68 Å². The van der Waals surface area contributed by atoms with E-state index in [2.05, 4.69) is 43.4 Å². The van der Waals surface area contributed by atoms with Gasteiger partial charge < -0.3 is 14.5 Å². The summed E-state index contributed by atoms with van der Waals surface area (Å²) in [5.41, 5.74) is 2.36. The normalized spacial score (nSPS) is 16.7. The van der Waals surface area contributed by atoms with Crippen LogP contribution in [0.1, 0.15) is 74.5 Å². The molecule has 4 aromatic rings. The molecule has 1 saturated carbocycles. The van der Waals surface area contributed by atoms with Gasteiger partial charge in [-0.15, -0.1) is 5.10 Å². The fraction of sp³-hybridized carbons (Fsp3) is 0.464. The van der Waals surface area contributed by atoms with Gasteiger partial charge in [-0.05, 0) is 53.5 Å². The summed E-state index contributed by atoms with van der Waals surface area (Å²) in [5.74, 6) is 2.22. The lowest BCUT2D eigenvalue weighted by Gasteiger charge is -2.32. The number of tetrazole rings is 1. The van der Waals surface area contributed by atoms with E-state index >= 15 is 0 Å². The molecule has 198 valence electrons. The molecule has 1 N–H and O–H groups in total. The molecule has 0 saturated heterocycles.